The number of ether oxygens (including phenoxy) is 1. The maximum atomic E-state index is 13.2. The van der Waals surface area contributed by atoms with E-state index in [1.165, 1.54) is 16.9 Å². The van der Waals surface area contributed by atoms with Gasteiger partial charge < -0.3 is 4.74 Å². The number of hydrogen-bond donors (Lipinski definition) is 0. The molecule has 4 nitrogen and oxygen atoms in total. The fraction of sp³-hybridized carbons (Fsp3) is 0.238. The van der Waals surface area contributed by atoms with E-state index in [1.54, 1.807) is 4.90 Å². The molecule has 0 bridgehead atoms. The van der Waals surface area contributed by atoms with Gasteiger partial charge in [0.15, 0.2) is 5.13 Å². The Morgan fingerprint density at radius 2 is 1.96 bits per heavy atom. The van der Waals surface area contributed by atoms with Gasteiger partial charge in [-0.15, -0.1) is 11.3 Å². The van der Waals surface area contributed by atoms with Gasteiger partial charge in [-0.3, -0.25) is 9.69 Å². The molecule has 2 heterocycles. The van der Waals surface area contributed by atoms with E-state index in [1.807, 2.05) is 54.8 Å². The summed E-state index contributed by atoms with van der Waals surface area (Å²) in [7, 11) is 0. The largest absolute Gasteiger partial charge is 0.373 e. The lowest BCUT2D eigenvalue weighted by atomic mass is 9.95. The minimum absolute atomic E-state index is 0.00717. The number of fused-ring (bicyclic) bond motifs is 1. The van der Waals surface area contributed by atoms with E-state index in [0.717, 1.165) is 23.4 Å². The summed E-state index contributed by atoms with van der Waals surface area (Å²) in [4.78, 5) is 19.5. The number of rotatable bonds is 4. The lowest BCUT2D eigenvalue weighted by molar-refractivity contribution is -0.121. The zero-order valence-electron chi connectivity index (χ0n) is 14.6. The van der Waals surface area contributed by atoms with E-state index < -0.39 is 0 Å². The van der Waals surface area contributed by atoms with E-state index in [0.29, 0.717) is 18.2 Å². The second-order valence-corrected chi connectivity index (χ2v) is 7.19. The van der Waals surface area contributed by atoms with E-state index in [-0.39, 0.29) is 12.0 Å². The number of benzene rings is 2. The Morgan fingerprint density at radius 3 is 2.73 bits per heavy atom. The highest BCUT2D eigenvalue weighted by atomic mass is 32.1. The predicted molar refractivity (Wildman–Crippen MR) is 104 cm³/mol. The lowest BCUT2D eigenvalue weighted by Crippen LogP contribution is -2.29. The van der Waals surface area contributed by atoms with E-state index in [4.69, 9.17) is 4.74 Å². The van der Waals surface area contributed by atoms with Crippen molar-refractivity contribution in [1.82, 2.24) is 4.98 Å². The van der Waals surface area contributed by atoms with Crippen LogP contribution in [0.1, 0.15) is 29.3 Å². The van der Waals surface area contributed by atoms with Crippen LogP contribution in [0.5, 0.6) is 0 Å². The summed E-state index contributed by atoms with van der Waals surface area (Å²) in [5, 5.41) is 2.66. The van der Waals surface area contributed by atoms with Crippen molar-refractivity contribution in [3.8, 4) is 0 Å². The molecule has 1 aliphatic heterocycles. The smallest absolute Gasteiger partial charge is 0.236 e. The highest BCUT2D eigenvalue weighted by Crippen LogP contribution is 2.34. The number of nitrogens with zero attached hydrogens (tertiary/aromatic N) is 2. The molecule has 1 aromatic heterocycles. The summed E-state index contributed by atoms with van der Waals surface area (Å²) in [6.45, 7) is 2.59. The zero-order valence-corrected chi connectivity index (χ0v) is 15.4. The maximum Gasteiger partial charge on any atom is 0.236 e. The lowest BCUT2D eigenvalue weighted by Gasteiger charge is -2.28. The van der Waals surface area contributed by atoms with Gasteiger partial charge in [0.25, 0.3) is 0 Å². The van der Waals surface area contributed by atoms with E-state index in [9.17, 15) is 4.79 Å². The summed E-state index contributed by atoms with van der Waals surface area (Å²) >= 11 is 1.48. The molecule has 0 saturated heterocycles. The normalized spacial score (nSPS) is 16.1. The van der Waals surface area contributed by atoms with Gasteiger partial charge in [0.1, 0.15) is 0 Å². The SMILES string of the molecule is Cc1csc(N(C(=O)CC2OCCc3ccccc32)c2ccccc2)n1. The maximum absolute atomic E-state index is 13.2. The molecule has 1 amide bonds. The van der Waals surface area contributed by atoms with Gasteiger partial charge in [0, 0.05) is 5.38 Å². The topological polar surface area (TPSA) is 42.4 Å². The van der Waals surface area contributed by atoms with Crippen molar-refractivity contribution < 1.29 is 9.53 Å². The van der Waals surface area contributed by atoms with Crippen molar-refractivity contribution in [2.45, 2.75) is 25.9 Å². The minimum Gasteiger partial charge on any atom is -0.373 e. The number of aryl methyl sites for hydroxylation is 1. The predicted octanol–water partition coefficient (Wildman–Crippen LogP) is 4.82. The first-order chi connectivity index (χ1) is 12.7. The van der Waals surface area contributed by atoms with Crippen LogP contribution in [0.15, 0.2) is 60.0 Å². The monoisotopic (exact) mass is 364 g/mol. The van der Waals surface area contributed by atoms with Gasteiger partial charge >= 0.3 is 0 Å². The van der Waals surface area contributed by atoms with Crippen LogP contribution in [0.4, 0.5) is 10.8 Å². The molecule has 0 N–H and O–H groups in total. The summed E-state index contributed by atoms with van der Waals surface area (Å²) in [5.74, 6) is -0.00717. The molecule has 1 aliphatic rings. The Labute approximate surface area is 157 Å². The molecule has 0 spiro atoms. The molecule has 1 atom stereocenters. The summed E-state index contributed by atoms with van der Waals surface area (Å²) in [6.07, 6.45) is 0.985. The third kappa shape index (κ3) is 3.41. The third-order valence-corrected chi connectivity index (χ3v) is 5.46. The first-order valence-corrected chi connectivity index (χ1v) is 9.60. The molecule has 0 aliphatic carbocycles. The molecule has 0 saturated carbocycles. The molecule has 26 heavy (non-hydrogen) atoms. The van der Waals surface area contributed by atoms with Crippen molar-refractivity contribution in [1.29, 1.82) is 0 Å². The summed E-state index contributed by atoms with van der Waals surface area (Å²) in [5.41, 5.74) is 4.14. The average Bonchev–Trinajstić information content (AvgIpc) is 3.09. The zero-order chi connectivity index (χ0) is 17.9. The van der Waals surface area contributed by atoms with Crippen LogP contribution in [0.3, 0.4) is 0 Å². The summed E-state index contributed by atoms with van der Waals surface area (Å²) in [6, 6.07) is 17.9. The van der Waals surface area contributed by atoms with Crippen LogP contribution in [0.2, 0.25) is 0 Å². The number of aromatic nitrogens is 1. The third-order valence-electron chi connectivity index (χ3n) is 4.51. The average molecular weight is 364 g/mol. The molecular formula is C21H20N2O2S. The van der Waals surface area contributed by atoms with Crippen LogP contribution in [0, 0.1) is 6.92 Å². The molecule has 1 unspecified atom stereocenters. The number of thiazole rings is 1. The van der Waals surface area contributed by atoms with Gasteiger partial charge in [-0.1, -0.05) is 42.5 Å². The summed E-state index contributed by atoms with van der Waals surface area (Å²) < 4.78 is 5.94. The molecule has 3 aromatic rings. The Morgan fingerprint density at radius 1 is 1.19 bits per heavy atom. The Kier molecular flexibility index (Phi) is 4.82. The second kappa shape index (κ2) is 7.40. The first kappa shape index (κ1) is 16.9. The molecule has 4 rings (SSSR count). The van der Waals surface area contributed by atoms with Crippen LogP contribution >= 0.6 is 11.3 Å². The quantitative estimate of drug-likeness (QED) is 0.666. The molecule has 5 heteroatoms. The molecule has 0 fully saturated rings. The van der Waals surface area contributed by atoms with Crippen molar-refractivity contribution in [3.05, 3.63) is 76.8 Å². The molecular weight excluding hydrogens is 344 g/mol. The Balaban J connectivity index is 1.64. The van der Waals surface area contributed by atoms with Crippen molar-refractivity contribution in [2.24, 2.45) is 0 Å². The van der Waals surface area contributed by atoms with Gasteiger partial charge in [0.05, 0.1) is 30.5 Å². The van der Waals surface area contributed by atoms with Crippen molar-refractivity contribution >= 4 is 28.1 Å². The van der Waals surface area contributed by atoms with E-state index >= 15 is 0 Å². The number of hydrogen-bond acceptors (Lipinski definition) is 4. The standard InChI is InChI=1S/C21H20N2O2S/c1-15-14-26-21(22-15)23(17-8-3-2-4-9-17)20(24)13-19-18-10-6-5-7-16(18)11-12-25-19/h2-10,14,19H,11-13H2,1H3. The second-order valence-electron chi connectivity index (χ2n) is 6.35. The van der Waals surface area contributed by atoms with Crippen LogP contribution in [-0.4, -0.2) is 17.5 Å². The van der Waals surface area contributed by atoms with Gasteiger partial charge in [-0.2, -0.15) is 0 Å². The van der Waals surface area contributed by atoms with Gasteiger partial charge in [-0.05, 0) is 36.6 Å². The number of amides is 1. The molecule has 2 aromatic carbocycles. The van der Waals surface area contributed by atoms with Crippen molar-refractivity contribution in [2.75, 3.05) is 11.5 Å². The van der Waals surface area contributed by atoms with Gasteiger partial charge in [-0.25, -0.2) is 4.98 Å². The highest BCUT2D eigenvalue weighted by molar-refractivity contribution is 7.14. The van der Waals surface area contributed by atoms with Crippen LogP contribution < -0.4 is 4.90 Å². The highest BCUT2D eigenvalue weighted by Gasteiger charge is 2.28. The van der Waals surface area contributed by atoms with Crippen molar-refractivity contribution in [3.63, 3.8) is 0 Å². The first-order valence-electron chi connectivity index (χ1n) is 8.72. The number of anilines is 2. The molecule has 132 valence electrons. The van der Waals surface area contributed by atoms with Crippen LogP contribution in [0.25, 0.3) is 0 Å². The Hall–Kier alpha value is -2.50. The number of para-hydroxylation sites is 1. The van der Waals surface area contributed by atoms with Crippen LogP contribution in [-0.2, 0) is 16.0 Å². The van der Waals surface area contributed by atoms with Gasteiger partial charge in [0.2, 0.25) is 5.91 Å². The Bertz CT molecular complexity index is 907. The molecule has 0 radical (unpaired) electrons. The van der Waals surface area contributed by atoms with E-state index in [2.05, 4.69) is 17.1 Å². The minimum atomic E-state index is -0.209. The fourth-order valence-corrected chi connectivity index (χ4v) is 4.12. The number of carbonyl (C=O) groups is 1. The fourth-order valence-electron chi connectivity index (χ4n) is 3.28. The number of carbonyl (C=O) groups excluding carboxylic acids is 1.